The van der Waals surface area contributed by atoms with Gasteiger partial charge in [0.05, 0.1) is 68.3 Å². The van der Waals surface area contributed by atoms with Gasteiger partial charge in [0.25, 0.3) is 0 Å². The predicted molar refractivity (Wildman–Crippen MR) is 326 cm³/mol. The molecule has 21 heteroatoms. The minimum absolute atomic E-state index is 0.0203. The molecule has 2 fully saturated rings. The van der Waals surface area contributed by atoms with Gasteiger partial charge < -0.3 is 48.0 Å². The van der Waals surface area contributed by atoms with Gasteiger partial charge in [-0.25, -0.2) is 14.4 Å². The first kappa shape index (κ1) is 60.1. The third-order valence-electron chi connectivity index (χ3n) is 16.7. The van der Waals surface area contributed by atoms with Crippen LogP contribution in [0.5, 0.6) is 34.8 Å². The zero-order valence-electron chi connectivity index (χ0n) is 49.5. The fourth-order valence-corrected chi connectivity index (χ4v) is 12.4. The highest BCUT2D eigenvalue weighted by Crippen LogP contribution is 2.52. The number of anilines is 3. The monoisotopic (exact) mass is 1210 g/mol. The zero-order chi connectivity index (χ0) is 61.1. The molecule has 454 valence electrons. The summed E-state index contributed by atoms with van der Waals surface area (Å²) < 4.78 is 101. The van der Waals surface area contributed by atoms with Crippen LogP contribution in [0.15, 0.2) is 121 Å². The molecule has 5 aromatic carbocycles. The Morgan fingerprint density at radius 1 is 0.747 bits per heavy atom. The van der Waals surface area contributed by atoms with Crippen LogP contribution >= 0.6 is 11.6 Å². The zero-order valence-corrected chi connectivity index (χ0v) is 50.3. The number of fused-ring (bicyclic) bond motifs is 1. The number of rotatable bonds is 20. The van der Waals surface area contributed by atoms with E-state index in [2.05, 4.69) is 9.80 Å². The van der Waals surface area contributed by atoms with Crippen LogP contribution in [0.1, 0.15) is 71.7 Å². The highest BCUT2D eigenvalue weighted by molar-refractivity contribution is 6.36. The third kappa shape index (κ3) is 12.8. The summed E-state index contributed by atoms with van der Waals surface area (Å²) in [7, 11) is 6.37. The van der Waals surface area contributed by atoms with Gasteiger partial charge in [-0.3, -0.25) is 9.69 Å². The number of piperazine rings is 1. The first-order chi connectivity index (χ1) is 42.0. The van der Waals surface area contributed by atoms with Gasteiger partial charge in [-0.15, -0.1) is 0 Å². The lowest BCUT2D eigenvalue weighted by Gasteiger charge is -2.39. The molecule has 87 heavy (non-hydrogen) atoms. The van der Waals surface area contributed by atoms with E-state index >= 15 is 17.6 Å². The molecular weight excluding hydrogens is 1140 g/mol. The number of ether oxygens (including phenoxy) is 6. The molecule has 3 aromatic heterocycles. The molecule has 0 bridgehead atoms. The van der Waals surface area contributed by atoms with E-state index in [0.717, 1.165) is 40.7 Å². The molecule has 0 saturated carbocycles. The molecule has 0 aliphatic carbocycles. The number of carbonyl (C=O) groups is 1. The van der Waals surface area contributed by atoms with E-state index in [9.17, 15) is 4.79 Å². The van der Waals surface area contributed by atoms with Crippen molar-refractivity contribution in [3.63, 3.8) is 0 Å². The number of hydrogen-bond donors (Lipinski definition) is 0. The normalized spacial score (nSPS) is 16.2. The predicted octanol–water partition coefficient (Wildman–Crippen LogP) is 12.7. The number of aryl methyl sites for hydroxylation is 1. The lowest BCUT2D eigenvalue weighted by Crippen LogP contribution is -2.54. The minimum Gasteiger partial charge on any atom is -0.497 e. The van der Waals surface area contributed by atoms with Crippen LogP contribution in [0.25, 0.3) is 22.2 Å². The maximum atomic E-state index is 18.7. The van der Waals surface area contributed by atoms with Gasteiger partial charge in [-0.2, -0.15) is 23.1 Å². The Balaban J connectivity index is 1.05. The summed E-state index contributed by atoms with van der Waals surface area (Å²) in [5.74, 6) is 2.37. The highest BCUT2D eigenvalue weighted by Gasteiger charge is 2.42. The number of methoxy groups -OCH3 is 4. The fourth-order valence-electron chi connectivity index (χ4n) is 12.1. The van der Waals surface area contributed by atoms with Crippen molar-refractivity contribution in [2.24, 2.45) is 0 Å². The van der Waals surface area contributed by atoms with Crippen molar-refractivity contribution in [1.29, 1.82) is 0 Å². The standard InChI is InChI=1S/C66H68ClF4N9O7/c1-40-33-54(77(34-43-10-20-49(82-4)21-11-43)35-44-12-22-50(83-5)23-13-44)73-60(57(40)66(69,70)71)55-58(67)62-56-61(59(55)68)74-65(87-39-48-19-18-47-38-76(42(3)81)29-30-80(47)48)75-64(56)79(31-32-86-62)41(2)53-9-8-28-72-63(53)78(36-45-14-24-51(84-6)25-15-45)37-46-16-26-52(85-7)27-17-46/h8-17,20-28,33,41,47-48H,18-19,29-32,34-39H2,1-7H3/t41-,47+,48+/m1/s1. The average Bonchev–Trinajstić information content (AvgIpc) is 1.67. The average molecular weight is 1210 g/mol. The number of hydrogen-bond acceptors (Lipinski definition) is 15. The van der Waals surface area contributed by atoms with Crippen LogP contribution in [0.4, 0.5) is 35.0 Å². The second-order valence-corrected chi connectivity index (χ2v) is 22.4. The van der Waals surface area contributed by atoms with Gasteiger partial charge in [0, 0.05) is 76.6 Å². The van der Waals surface area contributed by atoms with Crippen LogP contribution in [0, 0.1) is 12.7 Å². The van der Waals surface area contributed by atoms with Crippen molar-refractivity contribution in [3.8, 4) is 46.0 Å². The van der Waals surface area contributed by atoms with Crippen LogP contribution in [-0.4, -0.2) is 116 Å². The SMILES string of the molecule is COc1ccc(CN(Cc2ccc(OC)cc2)c2cc(C)c(C(F)(F)F)c(-c3c(Cl)c4c5c(nc(OC[C@@H]6CC[C@H]7CN(C(C)=O)CCN67)nc5c3F)N([C@H](C)c3cccnc3N(Cc3ccc(OC)cc3)Cc3ccc(OC)cc3)CCO4)n2)cc1. The summed E-state index contributed by atoms with van der Waals surface area (Å²) in [4.78, 5) is 42.2. The number of alkyl halides is 3. The summed E-state index contributed by atoms with van der Waals surface area (Å²) in [5, 5.41) is -0.395. The van der Waals surface area contributed by atoms with E-state index in [-0.39, 0.29) is 90.7 Å². The molecular formula is C66H68ClF4N9O7. The first-order valence-electron chi connectivity index (χ1n) is 28.8. The van der Waals surface area contributed by atoms with Gasteiger partial charge in [0.2, 0.25) is 5.91 Å². The topological polar surface area (TPSA) is 140 Å². The second-order valence-electron chi connectivity index (χ2n) is 22.0. The Hall–Kier alpha value is -8.62. The molecule has 16 nitrogen and oxygen atoms in total. The van der Waals surface area contributed by atoms with Crippen molar-refractivity contribution in [1.82, 2.24) is 29.7 Å². The van der Waals surface area contributed by atoms with Crippen LogP contribution in [0.2, 0.25) is 5.02 Å². The summed E-state index contributed by atoms with van der Waals surface area (Å²) in [6.45, 7) is 8.15. The van der Waals surface area contributed by atoms with Gasteiger partial charge in [-0.05, 0) is 115 Å². The number of pyridine rings is 2. The van der Waals surface area contributed by atoms with Gasteiger partial charge in [0.1, 0.15) is 59.2 Å². The molecule has 0 N–H and O–H groups in total. The molecule has 0 unspecified atom stereocenters. The number of halogens is 5. The van der Waals surface area contributed by atoms with Crippen molar-refractivity contribution < 1.29 is 50.8 Å². The molecule has 3 aliphatic rings. The van der Waals surface area contributed by atoms with Crippen LogP contribution in [0.3, 0.4) is 0 Å². The second kappa shape index (κ2) is 25.8. The Morgan fingerprint density at radius 3 is 1.83 bits per heavy atom. The molecule has 11 rings (SSSR count). The fraction of sp³-hybridized carbons (Fsp3) is 0.348. The molecule has 1 amide bonds. The lowest BCUT2D eigenvalue weighted by molar-refractivity contribution is -0.137. The Bertz CT molecular complexity index is 3650. The van der Waals surface area contributed by atoms with E-state index < -0.39 is 39.9 Å². The summed E-state index contributed by atoms with van der Waals surface area (Å²) in [6.07, 6.45) is -1.72. The number of nitrogens with zero attached hydrogens (tertiary/aromatic N) is 9. The van der Waals surface area contributed by atoms with E-state index in [1.165, 1.54) is 13.0 Å². The van der Waals surface area contributed by atoms with Crippen molar-refractivity contribution >= 4 is 45.9 Å². The Kier molecular flexibility index (Phi) is 17.8. The maximum Gasteiger partial charge on any atom is 0.418 e. The molecule has 3 atom stereocenters. The van der Waals surface area contributed by atoms with E-state index in [1.54, 1.807) is 65.8 Å². The summed E-state index contributed by atoms with van der Waals surface area (Å²) in [5.41, 5.74) is 1.21. The highest BCUT2D eigenvalue weighted by atomic mass is 35.5. The first-order valence-corrected chi connectivity index (χ1v) is 29.2. The number of amides is 1. The summed E-state index contributed by atoms with van der Waals surface area (Å²) in [6, 6.07) is 34.7. The molecule has 2 saturated heterocycles. The van der Waals surface area contributed by atoms with Gasteiger partial charge in [0.15, 0.2) is 11.6 Å². The lowest BCUT2D eigenvalue weighted by atomic mass is 9.98. The van der Waals surface area contributed by atoms with E-state index in [1.807, 2.05) is 107 Å². The summed E-state index contributed by atoms with van der Waals surface area (Å²) >= 11 is 7.44. The van der Waals surface area contributed by atoms with Crippen LogP contribution in [-0.2, 0) is 37.1 Å². The molecule has 3 aliphatic heterocycles. The Morgan fingerprint density at radius 2 is 1.30 bits per heavy atom. The number of carbonyl (C=O) groups excluding carboxylic acids is 1. The third-order valence-corrected chi connectivity index (χ3v) is 17.0. The van der Waals surface area contributed by atoms with Crippen LogP contribution < -0.4 is 43.1 Å². The molecule has 0 spiro atoms. The minimum atomic E-state index is -5.04. The molecule has 0 radical (unpaired) electrons. The van der Waals surface area contributed by atoms with Crippen molar-refractivity contribution in [2.45, 2.75) is 84.1 Å². The number of aromatic nitrogens is 4. The maximum absolute atomic E-state index is 18.7. The largest absolute Gasteiger partial charge is 0.497 e. The van der Waals surface area contributed by atoms with Crippen molar-refractivity contribution in [2.75, 3.05) is 82.5 Å². The number of benzene rings is 5. The van der Waals surface area contributed by atoms with Gasteiger partial charge >= 0.3 is 12.2 Å². The van der Waals surface area contributed by atoms with E-state index in [0.29, 0.717) is 61.5 Å². The van der Waals surface area contributed by atoms with Crippen molar-refractivity contribution in [3.05, 3.63) is 171 Å². The van der Waals surface area contributed by atoms with Gasteiger partial charge in [-0.1, -0.05) is 66.2 Å². The van der Waals surface area contributed by atoms with E-state index in [4.69, 9.17) is 60.0 Å². The smallest absolute Gasteiger partial charge is 0.418 e. The Labute approximate surface area is 508 Å². The quantitative estimate of drug-likeness (QED) is 0.0668. The molecule has 8 aromatic rings. The molecule has 6 heterocycles.